The molecule has 1 rings (SSSR count). The summed E-state index contributed by atoms with van der Waals surface area (Å²) in [5.41, 5.74) is 0. The molecule has 1 amide bonds. The maximum Gasteiger partial charge on any atom is 0.411 e. The number of hydrogen-bond donors (Lipinski definition) is 2. The number of nitrogens with one attached hydrogen (secondary N) is 1. The van der Waals surface area contributed by atoms with Crippen LogP contribution >= 0.6 is 12.6 Å². The molecule has 0 aromatic carbocycles. The molecule has 96 valence electrons. The average molecular weight is 267 g/mol. The predicted octanol–water partition coefficient (Wildman–Crippen LogP) is 1.42. The van der Waals surface area contributed by atoms with E-state index < -0.39 is 24.5 Å². The fourth-order valence-electron chi connectivity index (χ4n) is 1.27. The van der Waals surface area contributed by atoms with Crippen LogP contribution in [-0.4, -0.2) is 34.2 Å². The topological polar surface area (TPSA) is 46.9 Å². The van der Waals surface area contributed by atoms with E-state index >= 15 is 0 Å². The van der Waals surface area contributed by atoms with Gasteiger partial charge in [0.25, 0.3) is 0 Å². The van der Waals surface area contributed by atoms with Gasteiger partial charge in [0.1, 0.15) is 0 Å². The minimum atomic E-state index is -4.51. The highest BCUT2D eigenvalue weighted by atomic mass is 32.1. The number of aromatic nitrogens is 2. The van der Waals surface area contributed by atoms with Crippen LogP contribution in [0.15, 0.2) is 18.5 Å². The lowest BCUT2D eigenvalue weighted by Gasteiger charge is -2.20. The normalized spacial score (nSPS) is 13.4. The molecule has 1 heterocycles. The summed E-state index contributed by atoms with van der Waals surface area (Å²) in [7, 11) is 0. The van der Waals surface area contributed by atoms with Crippen molar-refractivity contribution < 1.29 is 18.0 Å². The molecule has 1 aromatic heterocycles. The first-order valence-corrected chi connectivity index (χ1v) is 5.52. The molecule has 0 spiro atoms. The molecule has 0 radical (unpaired) electrons. The SMILES string of the molecule is O=C(CC(n1cccn1)C(F)(F)F)NCCS. The van der Waals surface area contributed by atoms with Crippen molar-refractivity contribution >= 4 is 18.5 Å². The summed E-state index contributed by atoms with van der Waals surface area (Å²) in [6, 6.07) is -0.554. The Morgan fingerprint density at radius 2 is 2.24 bits per heavy atom. The molecule has 0 aliphatic heterocycles. The number of carbonyl (C=O) groups is 1. The highest BCUT2D eigenvalue weighted by Gasteiger charge is 2.42. The molecule has 0 aliphatic rings. The number of thiol groups is 1. The first-order valence-electron chi connectivity index (χ1n) is 4.88. The third-order valence-corrected chi connectivity index (χ3v) is 2.26. The summed E-state index contributed by atoms with van der Waals surface area (Å²) in [6.45, 7) is 0.242. The maximum atomic E-state index is 12.7. The summed E-state index contributed by atoms with van der Waals surface area (Å²) in [4.78, 5) is 11.3. The molecule has 17 heavy (non-hydrogen) atoms. The van der Waals surface area contributed by atoms with Crippen LogP contribution in [-0.2, 0) is 4.79 Å². The number of nitrogens with zero attached hydrogens (tertiary/aromatic N) is 2. The smallest absolute Gasteiger partial charge is 0.355 e. The van der Waals surface area contributed by atoms with Gasteiger partial charge >= 0.3 is 6.18 Å². The first-order chi connectivity index (χ1) is 7.95. The number of hydrogen-bond acceptors (Lipinski definition) is 3. The van der Waals surface area contributed by atoms with Crippen LogP contribution in [0.1, 0.15) is 12.5 Å². The molecule has 1 N–H and O–H groups in total. The van der Waals surface area contributed by atoms with Crippen LogP contribution < -0.4 is 5.32 Å². The molecule has 1 atom stereocenters. The zero-order valence-corrected chi connectivity index (χ0v) is 9.71. The van der Waals surface area contributed by atoms with Gasteiger partial charge in [-0.15, -0.1) is 0 Å². The molecule has 1 unspecified atom stereocenters. The van der Waals surface area contributed by atoms with Crippen molar-refractivity contribution in [1.82, 2.24) is 15.1 Å². The second kappa shape index (κ2) is 5.95. The molecule has 0 bridgehead atoms. The second-order valence-electron chi connectivity index (χ2n) is 3.32. The number of amides is 1. The number of halogens is 3. The lowest BCUT2D eigenvalue weighted by molar-refractivity contribution is -0.175. The Balaban J connectivity index is 2.69. The van der Waals surface area contributed by atoms with Crippen molar-refractivity contribution in [3.8, 4) is 0 Å². The monoisotopic (exact) mass is 267 g/mol. The lowest BCUT2D eigenvalue weighted by atomic mass is 10.2. The van der Waals surface area contributed by atoms with Gasteiger partial charge in [-0.25, -0.2) is 0 Å². The molecule has 8 heteroatoms. The molecule has 0 saturated heterocycles. The third-order valence-electron chi connectivity index (χ3n) is 2.03. The Morgan fingerprint density at radius 3 is 2.71 bits per heavy atom. The van der Waals surface area contributed by atoms with Gasteiger partial charge in [-0.05, 0) is 6.07 Å². The van der Waals surface area contributed by atoms with Gasteiger partial charge in [0, 0.05) is 24.7 Å². The van der Waals surface area contributed by atoms with E-state index in [0.29, 0.717) is 5.75 Å². The van der Waals surface area contributed by atoms with Crippen LogP contribution in [0.25, 0.3) is 0 Å². The van der Waals surface area contributed by atoms with Gasteiger partial charge in [-0.3, -0.25) is 9.48 Å². The van der Waals surface area contributed by atoms with E-state index in [9.17, 15) is 18.0 Å². The average Bonchev–Trinajstić information content (AvgIpc) is 2.74. The van der Waals surface area contributed by atoms with Gasteiger partial charge in [0.05, 0.1) is 6.42 Å². The zero-order chi connectivity index (χ0) is 12.9. The molecular weight excluding hydrogens is 255 g/mol. The summed E-state index contributed by atoms with van der Waals surface area (Å²) in [5, 5.41) is 5.86. The van der Waals surface area contributed by atoms with E-state index in [2.05, 4.69) is 23.0 Å². The predicted molar refractivity (Wildman–Crippen MR) is 58.8 cm³/mol. The molecule has 0 saturated carbocycles. The first kappa shape index (κ1) is 13.9. The standard InChI is InChI=1S/C9H12F3N3OS/c10-9(11,12)7(15-4-1-2-14-15)6-8(16)13-3-5-17/h1-2,4,7,17H,3,5-6H2,(H,13,16). The summed E-state index contributed by atoms with van der Waals surface area (Å²) in [6.07, 6.45) is -2.77. The minimum Gasteiger partial charge on any atom is -0.355 e. The van der Waals surface area contributed by atoms with Crippen molar-refractivity contribution in [2.75, 3.05) is 12.3 Å². The van der Waals surface area contributed by atoms with Crippen LogP contribution in [0, 0.1) is 0 Å². The Kier molecular flexibility index (Phi) is 4.86. The van der Waals surface area contributed by atoms with Crippen molar-refractivity contribution in [3.05, 3.63) is 18.5 Å². The van der Waals surface area contributed by atoms with E-state index in [-0.39, 0.29) is 6.54 Å². The molecule has 1 aromatic rings. The number of alkyl halides is 3. The van der Waals surface area contributed by atoms with Gasteiger partial charge in [0.2, 0.25) is 5.91 Å². The van der Waals surface area contributed by atoms with Crippen molar-refractivity contribution in [1.29, 1.82) is 0 Å². The van der Waals surface area contributed by atoms with E-state index in [1.165, 1.54) is 18.5 Å². The fraction of sp³-hybridized carbons (Fsp3) is 0.556. The van der Waals surface area contributed by atoms with Crippen molar-refractivity contribution in [2.45, 2.75) is 18.6 Å². The summed E-state index contributed by atoms with van der Waals surface area (Å²) < 4.78 is 38.9. The Labute approximate surface area is 102 Å². The Hall–Kier alpha value is -1.18. The van der Waals surface area contributed by atoms with Gasteiger partial charge in [-0.1, -0.05) is 0 Å². The second-order valence-corrected chi connectivity index (χ2v) is 3.77. The minimum absolute atomic E-state index is 0.242. The third kappa shape index (κ3) is 4.29. The van der Waals surface area contributed by atoms with Gasteiger partial charge in [-0.2, -0.15) is 30.9 Å². The van der Waals surface area contributed by atoms with E-state index in [1.54, 1.807) is 0 Å². The summed E-state index contributed by atoms with van der Waals surface area (Å²) in [5.74, 6) is -0.290. The molecular formula is C9H12F3N3OS. The number of rotatable bonds is 5. The molecule has 0 fully saturated rings. The highest BCUT2D eigenvalue weighted by Crippen LogP contribution is 2.32. The maximum absolute atomic E-state index is 12.7. The van der Waals surface area contributed by atoms with E-state index in [4.69, 9.17) is 0 Å². The van der Waals surface area contributed by atoms with Crippen LogP contribution in [0.5, 0.6) is 0 Å². The van der Waals surface area contributed by atoms with Crippen LogP contribution in [0.2, 0.25) is 0 Å². The highest BCUT2D eigenvalue weighted by molar-refractivity contribution is 7.80. The van der Waals surface area contributed by atoms with E-state index in [1.807, 2.05) is 0 Å². The quantitative estimate of drug-likeness (QED) is 0.793. The van der Waals surface area contributed by atoms with Gasteiger partial charge < -0.3 is 5.32 Å². The summed E-state index contributed by atoms with van der Waals surface area (Å²) >= 11 is 3.85. The zero-order valence-electron chi connectivity index (χ0n) is 8.81. The lowest BCUT2D eigenvalue weighted by Crippen LogP contribution is -2.34. The van der Waals surface area contributed by atoms with Gasteiger partial charge in [0.15, 0.2) is 6.04 Å². The number of carbonyl (C=O) groups excluding carboxylic acids is 1. The Bertz CT molecular complexity index is 353. The van der Waals surface area contributed by atoms with Crippen LogP contribution in [0.4, 0.5) is 13.2 Å². The Morgan fingerprint density at radius 1 is 1.53 bits per heavy atom. The van der Waals surface area contributed by atoms with E-state index in [0.717, 1.165) is 4.68 Å². The van der Waals surface area contributed by atoms with Crippen molar-refractivity contribution in [3.63, 3.8) is 0 Å². The largest absolute Gasteiger partial charge is 0.411 e. The molecule has 4 nitrogen and oxygen atoms in total. The molecule has 0 aliphatic carbocycles. The van der Waals surface area contributed by atoms with Crippen molar-refractivity contribution in [2.24, 2.45) is 0 Å². The van der Waals surface area contributed by atoms with Crippen LogP contribution in [0.3, 0.4) is 0 Å². The fourth-order valence-corrected chi connectivity index (χ4v) is 1.38.